The van der Waals surface area contributed by atoms with E-state index in [0.717, 1.165) is 51.9 Å². The van der Waals surface area contributed by atoms with Gasteiger partial charge in [-0.25, -0.2) is 0 Å². The van der Waals surface area contributed by atoms with Crippen LogP contribution in [0, 0.1) is 5.92 Å². The molecule has 0 spiro atoms. The van der Waals surface area contributed by atoms with E-state index in [9.17, 15) is 5.11 Å². The van der Waals surface area contributed by atoms with E-state index in [0.29, 0.717) is 5.92 Å². The highest BCUT2D eigenvalue weighted by Crippen LogP contribution is 2.23. The fraction of sp³-hybridized carbons (Fsp3) is 1.00. The van der Waals surface area contributed by atoms with Crippen LogP contribution in [0.1, 0.15) is 38.5 Å². The van der Waals surface area contributed by atoms with Crippen LogP contribution in [0.15, 0.2) is 0 Å². The van der Waals surface area contributed by atoms with Gasteiger partial charge in [0.1, 0.15) is 0 Å². The molecule has 1 heterocycles. The van der Waals surface area contributed by atoms with Gasteiger partial charge in [-0.15, -0.1) is 0 Å². The monoisotopic (exact) mass is 214 g/mol. The third-order valence-corrected chi connectivity index (χ3v) is 3.55. The Labute approximate surface area is 91.8 Å². The Morgan fingerprint density at radius 1 is 1.07 bits per heavy atom. The minimum absolute atomic E-state index is 0.0987. The van der Waals surface area contributed by atoms with Gasteiger partial charge in [0.2, 0.25) is 0 Å². The second-order valence-corrected chi connectivity index (χ2v) is 4.78. The minimum Gasteiger partial charge on any atom is -0.390 e. The molecule has 0 amide bonds. The molecule has 0 aromatic carbocycles. The maximum atomic E-state index is 9.75. The summed E-state index contributed by atoms with van der Waals surface area (Å²) in [5.74, 6) is 0.646. The third kappa shape index (κ3) is 3.44. The van der Waals surface area contributed by atoms with E-state index in [1.807, 2.05) is 0 Å². The lowest BCUT2D eigenvalue weighted by Crippen LogP contribution is -2.34. The Balaban J connectivity index is 1.67. The van der Waals surface area contributed by atoms with Crippen molar-refractivity contribution in [2.75, 3.05) is 19.8 Å². The molecule has 3 heteroatoms. The highest BCUT2D eigenvalue weighted by atomic mass is 16.5. The number of aliphatic hydroxyl groups excluding tert-OH is 1. The van der Waals surface area contributed by atoms with Gasteiger partial charge in [0.05, 0.1) is 18.8 Å². The summed E-state index contributed by atoms with van der Waals surface area (Å²) in [5.41, 5.74) is 0. The number of aliphatic hydroxyl groups is 1. The van der Waals surface area contributed by atoms with Crippen LogP contribution in [0.3, 0.4) is 0 Å². The molecule has 3 nitrogen and oxygen atoms in total. The largest absolute Gasteiger partial charge is 0.390 e. The SMILES string of the molecule is OC1CCCCC1OCC1CCOCC1. The maximum absolute atomic E-state index is 9.75. The Kier molecular flexibility index (Phi) is 4.42. The Bertz CT molecular complexity index is 178. The summed E-state index contributed by atoms with van der Waals surface area (Å²) in [6.45, 7) is 2.56. The van der Waals surface area contributed by atoms with Gasteiger partial charge in [0.25, 0.3) is 0 Å². The van der Waals surface area contributed by atoms with Crippen LogP contribution in [-0.4, -0.2) is 37.1 Å². The molecule has 2 atom stereocenters. The zero-order valence-electron chi connectivity index (χ0n) is 9.36. The zero-order valence-corrected chi connectivity index (χ0v) is 9.36. The summed E-state index contributed by atoms with van der Waals surface area (Å²) >= 11 is 0. The molecule has 2 unspecified atom stereocenters. The predicted octanol–water partition coefficient (Wildman–Crippen LogP) is 1.73. The van der Waals surface area contributed by atoms with E-state index in [-0.39, 0.29) is 12.2 Å². The van der Waals surface area contributed by atoms with Gasteiger partial charge in [0, 0.05) is 13.2 Å². The van der Waals surface area contributed by atoms with Crippen LogP contribution in [0.4, 0.5) is 0 Å². The smallest absolute Gasteiger partial charge is 0.0834 e. The van der Waals surface area contributed by atoms with E-state index in [2.05, 4.69) is 0 Å². The van der Waals surface area contributed by atoms with Crippen molar-refractivity contribution in [2.24, 2.45) is 5.92 Å². The van der Waals surface area contributed by atoms with E-state index in [1.165, 1.54) is 6.42 Å². The topological polar surface area (TPSA) is 38.7 Å². The van der Waals surface area contributed by atoms with Crippen molar-refractivity contribution < 1.29 is 14.6 Å². The molecule has 1 N–H and O–H groups in total. The highest BCUT2D eigenvalue weighted by molar-refractivity contribution is 4.75. The molecule has 2 aliphatic rings. The van der Waals surface area contributed by atoms with Gasteiger partial charge in [-0.05, 0) is 31.6 Å². The van der Waals surface area contributed by atoms with Crippen LogP contribution in [0.25, 0.3) is 0 Å². The molecule has 1 saturated heterocycles. The fourth-order valence-corrected chi connectivity index (χ4v) is 2.44. The molecule has 2 rings (SSSR count). The first-order chi connectivity index (χ1) is 7.36. The fourth-order valence-electron chi connectivity index (χ4n) is 2.44. The van der Waals surface area contributed by atoms with E-state index >= 15 is 0 Å². The summed E-state index contributed by atoms with van der Waals surface area (Å²) in [6.07, 6.45) is 6.41. The zero-order chi connectivity index (χ0) is 10.5. The molecule has 1 aliphatic carbocycles. The second-order valence-electron chi connectivity index (χ2n) is 4.78. The third-order valence-electron chi connectivity index (χ3n) is 3.55. The molecule has 1 saturated carbocycles. The number of hydrogen-bond donors (Lipinski definition) is 1. The van der Waals surface area contributed by atoms with E-state index < -0.39 is 0 Å². The van der Waals surface area contributed by atoms with Crippen molar-refractivity contribution in [3.8, 4) is 0 Å². The molecule has 15 heavy (non-hydrogen) atoms. The van der Waals surface area contributed by atoms with Gasteiger partial charge in [0.15, 0.2) is 0 Å². The number of hydrogen-bond acceptors (Lipinski definition) is 3. The van der Waals surface area contributed by atoms with Crippen molar-refractivity contribution in [1.82, 2.24) is 0 Å². The molecule has 0 aromatic heterocycles. The Morgan fingerprint density at radius 3 is 2.53 bits per heavy atom. The summed E-state index contributed by atoms with van der Waals surface area (Å²) in [5, 5.41) is 9.75. The van der Waals surface area contributed by atoms with Crippen molar-refractivity contribution in [3.05, 3.63) is 0 Å². The van der Waals surface area contributed by atoms with Gasteiger partial charge < -0.3 is 14.6 Å². The van der Waals surface area contributed by atoms with Crippen LogP contribution in [0.5, 0.6) is 0 Å². The predicted molar refractivity (Wildman–Crippen MR) is 57.8 cm³/mol. The average molecular weight is 214 g/mol. The summed E-state index contributed by atoms with van der Waals surface area (Å²) < 4.78 is 11.1. The lowest BCUT2D eigenvalue weighted by molar-refractivity contribution is -0.0792. The molecule has 0 bridgehead atoms. The second kappa shape index (κ2) is 5.83. The van der Waals surface area contributed by atoms with Crippen molar-refractivity contribution in [2.45, 2.75) is 50.7 Å². The summed E-state index contributed by atoms with van der Waals surface area (Å²) in [7, 11) is 0. The molecule has 88 valence electrons. The van der Waals surface area contributed by atoms with Crippen molar-refractivity contribution >= 4 is 0 Å². The lowest BCUT2D eigenvalue weighted by Gasteiger charge is -2.30. The maximum Gasteiger partial charge on any atom is 0.0834 e. The lowest BCUT2D eigenvalue weighted by atomic mass is 9.94. The molecule has 2 fully saturated rings. The van der Waals surface area contributed by atoms with Crippen LogP contribution < -0.4 is 0 Å². The summed E-state index contributed by atoms with van der Waals surface area (Å²) in [6, 6.07) is 0. The Hall–Kier alpha value is -0.120. The molecular formula is C12H22O3. The van der Waals surface area contributed by atoms with E-state index in [1.54, 1.807) is 0 Å². The normalized spacial score (nSPS) is 34.2. The molecule has 0 radical (unpaired) electrons. The minimum atomic E-state index is -0.224. The van der Waals surface area contributed by atoms with Crippen LogP contribution >= 0.6 is 0 Å². The van der Waals surface area contributed by atoms with Gasteiger partial charge in [-0.2, -0.15) is 0 Å². The van der Waals surface area contributed by atoms with Crippen LogP contribution in [-0.2, 0) is 9.47 Å². The molecule has 1 aliphatic heterocycles. The first-order valence-electron chi connectivity index (χ1n) is 6.23. The Morgan fingerprint density at radius 2 is 1.80 bits per heavy atom. The molecule has 0 aromatic rings. The number of ether oxygens (including phenoxy) is 2. The number of rotatable bonds is 3. The summed E-state index contributed by atoms with van der Waals surface area (Å²) in [4.78, 5) is 0. The first-order valence-corrected chi connectivity index (χ1v) is 6.23. The van der Waals surface area contributed by atoms with E-state index in [4.69, 9.17) is 9.47 Å². The standard InChI is InChI=1S/C12H22O3/c13-11-3-1-2-4-12(11)15-9-10-5-7-14-8-6-10/h10-13H,1-9H2. The van der Waals surface area contributed by atoms with Crippen molar-refractivity contribution in [3.63, 3.8) is 0 Å². The van der Waals surface area contributed by atoms with Gasteiger partial charge in [-0.3, -0.25) is 0 Å². The average Bonchev–Trinajstić information content (AvgIpc) is 2.29. The van der Waals surface area contributed by atoms with Gasteiger partial charge >= 0.3 is 0 Å². The van der Waals surface area contributed by atoms with Crippen LogP contribution in [0.2, 0.25) is 0 Å². The van der Waals surface area contributed by atoms with Crippen molar-refractivity contribution in [1.29, 1.82) is 0 Å². The quantitative estimate of drug-likeness (QED) is 0.777. The van der Waals surface area contributed by atoms with Gasteiger partial charge in [-0.1, -0.05) is 12.8 Å². The molecular weight excluding hydrogens is 192 g/mol. The highest BCUT2D eigenvalue weighted by Gasteiger charge is 2.25. The first kappa shape index (κ1) is 11.4.